The minimum absolute atomic E-state index is 0.619. The molecule has 3 nitrogen and oxygen atoms in total. The number of nitrogens with zero attached hydrogens (tertiary/aromatic N) is 1. The topological polar surface area (TPSA) is 29.5 Å². The van der Waals surface area contributed by atoms with Gasteiger partial charge in [0, 0.05) is 31.5 Å². The van der Waals surface area contributed by atoms with Crippen molar-refractivity contribution in [3.8, 4) is 0 Å². The molecule has 2 rings (SSSR count). The van der Waals surface area contributed by atoms with Gasteiger partial charge in [0.1, 0.15) is 6.29 Å². The Kier molecular flexibility index (Phi) is 4.37. The molecule has 0 amide bonds. The fourth-order valence-electron chi connectivity index (χ4n) is 2.62. The van der Waals surface area contributed by atoms with E-state index in [1.54, 1.807) is 0 Å². The van der Waals surface area contributed by atoms with E-state index >= 15 is 0 Å². The van der Waals surface area contributed by atoms with Crippen LogP contribution in [0.5, 0.6) is 0 Å². The maximum Gasteiger partial charge on any atom is 0.150 e. The Balaban J connectivity index is 2.03. The number of rotatable bonds is 4. The van der Waals surface area contributed by atoms with Crippen LogP contribution in [0.15, 0.2) is 18.2 Å². The second kappa shape index (κ2) is 6.01. The van der Waals surface area contributed by atoms with Crippen LogP contribution < -0.4 is 4.90 Å². The largest absolute Gasteiger partial charge is 0.381 e. The molecule has 1 aromatic rings. The quantitative estimate of drug-likeness (QED) is 0.766. The Morgan fingerprint density at radius 2 is 2.33 bits per heavy atom. The zero-order chi connectivity index (χ0) is 13.0. The molecule has 0 radical (unpaired) electrons. The van der Waals surface area contributed by atoms with E-state index in [0.717, 1.165) is 37.2 Å². The number of aryl methyl sites for hydroxylation is 1. The highest BCUT2D eigenvalue weighted by Gasteiger charge is 2.16. The maximum atomic E-state index is 10.7. The molecule has 3 heteroatoms. The lowest BCUT2D eigenvalue weighted by Crippen LogP contribution is -2.31. The molecule has 1 heterocycles. The first-order valence-electron chi connectivity index (χ1n) is 6.55. The Morgan fingerprint density at radius 1 is 1.50 bits per heavy atom. The molecule has 1 saturated heterocycles. The summed E-state index contributed by atoms with van der Waals surface area (Å²) >= 11 is 0. The molecule has 18 heavy (non-hydrogen) atoms. The van der Waals surface area contributed by atoms with Crippen LogP contribution in [0.1, 0.15) is 28.8 Å². The monoisotopic (exact) mass is 247 g/mol. The van der Waals surface area contributed by atoms with E-state index in [-0.39, 0.29) is 0 Å². The first-order valence-corrected chi connectivity index (χ1v) is 6.55. The minimum atomic E-state index is 0.619. The summed E-state index contributed by atoms with van der Waals surface area (Å²) in [4.78, 5) is 13.0. The van der Waals surface area contributed by atoms with Gasteiger partial charge < -0.3 is 9.64 Å². The lowest BCUT2D eigenvalue weighted by molar-refractivity contribution is 0.0576. The molecule has 1 fully saturated rings. The van der Waals surface area contributed by atoms with E-state index in [2.05, 4.69) is 18.9 Å². The van der Waals surface area contributed by atoms with Gasteiger partial charge in [-0.25, -0.2) is 0 Å². The summed E-state index contributed by atoms with van der Waals surface area (Å²) < 4.78 is 5.51. The molecule has 0 spiro atoms. The number of hydrogen-bond donors (Lipinski definition) is 0. The number of anilines is 1. The van der Waals surface area contributed by atoms with E-state index in [1.807, 2.05) is 18.2 Å². The molecule has 1 aliphatic rings. The molecular formula is C15H21NO2. The Hall–Kier alpha value is -1.35. The summed E-state index contributed by atoms with van der Waals surface area (Å²) in [7, 11) is 2.11. The van der Waals surface area contributed by atoms with Crippen molar-refractivity contribution in [3.63, 3.8) is 0 Å². The van der Waals surface area contributed by atoms with Gasteiger partial charge in [-0.2, -0.15) is 0 Å². The summed E-state index contributed by atoms with van der Waals surface area (Å²) in [6.45, 7) is 4.85. The third kappa shape index (κ3) is 3.10. The number of ether oxygens (including phenoxy) is 1. The molecule has 1 aliphatic heterocycles. The first-order chi connectivity index (χ1) is 8.70. The van der Waals surface area contributed by atoms with Crippen LogP contribution in [0, 0.1) is 12.8 Å². The average Bonchev–Trinajstić information content (AvgIpc) is 2.39. The number of hydrogen-bond acceptors (Lipinski definition) is 3. The van der Waals surface area contributed by atoms with Crippen molar-refractivity contribution in [1.29, 1.82) is 0 Å². The van der Waals surface area contributed by atoms with Gasteiger partial charge in [0.2, 0.25) is 0 Å². The number of carbonyl (C=O) groups excluding carboxylic acids is 1. The Bertz CT molecular complexity index is 411. The summed E-state index contributed by atoms with van der Waals surface area (Å²) in [6.07, 6.45) is 3.31. The Morgan fingerprint density at radius 3 is 2.94 bits per heavy atom. The van der Waals surface area contributed by atoms with Crippen LogP contribution in [-0.4, -0.2) is 33.1 Å². The van der Waals surface area contributed by atoms with Crippen molar-refractivity contribution in [2.75, 3.05) is 31.7 Å². The summed E-state index contributed by atoms with van der Waals surface area (Å²) in [5, 5.41) is 0. The van der Waals surface area contributed by atoms with Gasteiger partial charge >= 0.3 is 0 Å². The van der Waals surface area contributed by atoms with Crippen LogP contribution in [0.4, 0.5) is 5.69 Å². The highest BCUT2D eigenvalue weighted by atomic mass is 16.5. The van der Waals surface area contributed by atoms with Crippen molar-refractivity contribution in [2.45, 2.75) is 19.8 Å². The van der Waals surface area contributed by atoms with Crippen molar-refractivity contribution < 1.29 is 9.53 Å². The maximum absolute atomic E-state index is 10.7. The fraction of sp³-hybridized carbons (Fsp3) is 0.533. The molecule has 0 aromatic heterocycles. The molecule has 98 valence electrons. The molecule has 1 unspecified atom stereocenters. The van der Waals surface area contributed by atoms with Gasteiger partial charge in [0.05, 0.1) is 6.61 Å². The second-order valence-corrected chi connectivity index (χ2v) is 5.13. The molecule has 1 aromatic carbocycles. The van der Waals surface area contributed by atoms with E-state index in [1.165, 1.54) is 18.5 Å². The Labute approximate surface area is 109 Å². The van der Waals surface area contributed by atoms with Crippen molar-refractivity contribution >= 4 is 12.0 Å². The standard InChI is InChI=1S/C15H21NO2/c1-12-8-13(10-17)5-6-15(12)16(2)9-14-4-3-7-18-11-14/h5-6,8,10,14H,3-4,7,9,11H2,1-2H3. The minimum Gasteiger partial charge on any atom is -0.381 e. The second-order valence-electron chi connectivity index (χ2n) is 5.13. The van der Waals surface area contributed by atoms with Crippen LogP contribution >= 0.6 is 0 Å². The van der Waals surface area contributed by atoms with Crippen LogP contribution in [-0.2, 0) is 4.74 Å². The summed E-state index contributed by atoms with van der Waals surface area (Å²) in [6, 6.07) is 5.85. The SMILES string of the molecule is Cc1cc(C=O)ccc1N(C)CC1CCCOC1. The zero-order valence-electron chi connectivity index (χ0n) is 11.2. The van der Waals surface area contributed by atoms with Gasteiger partial charge in [0.25, 0.3) is 0 Å². The van der Waals surface area contributed by atoms with Gasteiger partial charge in [-0.1, -0.05) is 0 Å². The highest BCUT2D eigenvalue weighted by Crippen LogP contribution is 2.22. The van der Waals surface area contributed by atoms with Crippen molar-refractivity contribution in [3.05, 3.63) is 29.3 Å². The summed E-state index contributed by atoms with van der Waals surface area (Å²) in [5.41, 5.74) is 3.09. The van der Waals surface area contributed by atoms with Gasteiger partial charge in [-0.3, -0.25) is 4.79 Å². The number of benzene rings is 1. The van der Waals surface area contributed by atoms with Crippen LogP contribution in [0.3, 0.4) is 0 Å². The third-order valence-electron chi connectivity index (χ3n) is 3.55. The molecule has 0 saturated carbocycles. The predicted octanol–water partition coefficient (Wildman–Crippen LogP) is 2.67. The smallest absolute Gasteiger partial charge is 0.150 e. The lowest BCUT2D eigenvalue weighted by atomic mass is 10.0. The van der Waals surface area contributed by atoms with Gasteiger partial charge in [0.15, 0.2) is 0 Å². The molecule has 0 bridgehead atoms. The third-order valence-corrected chi connectivity index (χ3v) is 3.55. The first kappa shape index (κ1) is 13.1. The van der Waals surface area contributed by atoms with E-state index in [0.29, 0.717) is 5.92 Å². The van der Waals surface area contributed by atoms with E-state index in [9.17, 15) is 4.79 Å². The van der Waals surface area contributed by atoms with Crippen LogP contribution in [0.2, 0.25) is 0 Å². The molecular weight excluding hydrogens is 226 g/mol. The normalized spacial score (nSPS) is 19.6. The average molecular weight is 247 g/mol. The molecule has 0 N–H and O–H groups in total. The van der Waals surface area contributed by atoms with E-state index < -0.39 is 0 Å². The van der Waals surface area contributed by atoms with Gasteiger partial charge in [-0.05, 0) is 49.4 Å². The molecule has 1 atom stereocenters. The number of aldehydes is 1. The van der Waals surface area contributed by atoms with Crippen molar-refractivity contribution in [2.24, 2.45) is 5.92 Å². The molecule has 0 aliphatic carbocycles. The number of carbonyl (C=O) groups is 1. The van der Waals surface area contributed by atoms with Gasteiger partial charge in [-0.15, -0.1) is 0 Å². The zero-order valence-corrected chi connectivity index (χ0v) is 11.2. The van der Waals surface area contributed by atoms with Crippen LogP contribution in [0.25, 0.3) is 0 Å². The predicted molar refractivity (Wildman–Crippen MR) is 73.4 cm³/mol. The summed E-state index contributed by atoms with van der Waals surface area (Å²) in [5.74, 6) is 0.619. The highest BCUT2D eigenvalue weighted by molar-refractivity contribution is 5.76. The van der Waals surface area contributed by atoms with E-state index in [4.69, 9.17) is 4.74 Å². The fourth-order valence-corrected chi connectivity index (χ4v) is 2.62. The lowest BCUT2D eigenvalue weighted by Gasteiger charge is -2.29. The van der Waals surface area contributed by atoms with Crippen molar-refractivity contribution in [1.82, 2.24) is 0 Å².